The first-order valence-corrected chi connectivity index (χ1v) is 5.80. The van der Waals surface area contributed by atoms with Gasteiger partial charge in [-0.3, -0.25) is 0 Å². The fourth-order valence-corrected chi connectivity index (χ4v) is 1.75. The molecule has 72 valence electrons. The van der Waals surface area contributed by atoms with Gasteiger partial charge in [-0.1, -0.05) is 6.07 Å². The molecule has 0 aromatic carbocycles. The molecule has 0 fully saturated rings. The van der Waals surface area contributed by atoms with Crippen LogP contribution in [0.4, 0.5) is 5.82 Å². The van der Waals surface area contributed by atoms with Crippen LogP contribution in [0.1, 0.15) is 12.5 Å². The summed E-state index contributed by atoms with van der Waals surface area (Å²) < 4.78 is 0. The van der Waals surface area contributed by atoms with Crippen LogP contribution >= 0.6 is 11.8 Å². The second-order valence-electron chi connectivity index (χ2n) is 3.17. The van der Waals surface area contributed by atoms with Gasteiger partial charge in [0.2, 0.25) is 0 Å². The van der Waals surface area contributed by atoms with E-state index in [2.05, 4.69) is 36.5 Å². The Labute approximate surface area is 84.1 Å². The van der Waals surface area contributed by atoms with E-state index in [0.29, 0.717) is 6.04 Å². The van der Waals surface area contributed by atoms with Crippen molar-refractivity contribution in [2.45, 2.75) is 19.9 Å². The van der Waals surface area contributed by atoms with Crippen LogP contribution in [-0.4, -0.2) is 23.0 Å². The summed E-state index contributed by atoms with van der Waals surface area (Å²) >= 11 is 1.84. The fraction of sp³-hybridized carbons (Fsp3) is 0.500. The lowest BCUT2D eigenvalue weighted by Crippen LogP contribution is -2.19. The van der Waals surface area contributed by atoms with Crippen molar-refractivity contribution in [2.75, 3.05) is 17.3 Å². The molecule has 0 bridgehead atoms. The van der Waals surface area contributed by atoms with Crippen molar-refractivity contribution in [2.24, 2.45) is 0 Å². The summed E-state index contributed by atoms with van der Waals surface area (Å²) in [5, 5.41) is 3.38. The first-order chi connectivity index (χ1) is 6.24. The summed E-state index contributed by atoms with van der Waals surface area (Å²) in [7, 11) is 0. The van der Waals surface area contributed by atoms with Gasteiger partial charge in [0.15, 0.2) is 0 Å². The maximum absolute atomic E-state index is 4.28. The smallest absolute Gasteiger partial charge is 0.129 e. The number of nitrogens with zero attached hydrogens (tertiary/aromatic N) is 1. The van der Waals surface area contributed by atoms with Crippen molar-refractivity contribution in [1.82, 2.24) is 4.98 Å². The molecule has 2 nitrogen and oxygen atoms in total. The summed E-state index contributed by atoms with van der Waals surface area (Å²) in [5.74, 6) is 2.11. The number of hydrogen-bond acceptors (Lipinski definition) is 3. The topological polar surface area (TPSA) is 24.9 Å². The standard InChI is InChI=1S/C10H16N2S/c1-8-5-4-6-11-10(8)12-9(2)7-13-3/h4-6,9H,7H2,1-3H3,(H,11,12). The Bertz CT molecular complexity index is 263. The lowest BCUT2D eigenvalue weighted by Gasteiger charge is -2.14. The molecule has 0 aliphatic carbocycles. The fourth-order valence-electron chi connectivity index (χ4n) is 1.16. The largest absolute Gasteiger partial charge is 0.367 e. The third-order valence-electron chi connectivity index (χ3n) is 1.81. The molecule has 0 saturated carbocycles. The van der Waals surface area contributed by atoms with Crippen LogP contribution in [0, 0.1) is 6.92 Å². The highest BCUT2D eigenvalue weighted by molar-refractivity contribution is 7.98. The van der Waals surface area contributed by atoms with Crippen molar-refractivity contribution in [3.63, 3.8) is 0 Å². The number of aryl methyl sites for hydroxylation is 1. The summed E-state index contributed by atoms with van der Waals surface area (Å²) in [4.78, 5) is 4.28. The van der Waals surface area contributed by atoms with Crippen molar-refractivity contribution in [3.05, 3.63) is 23.9 Å². The maximum atomic E-state index is 4.28. The lowest BCUT2D eigenvalue weighted by molar-refractivity contribution is 0.900. The molecule has 3 heteroatoms. The van der Waals surface area contributed by atoms with Gasteiger partial charge in [0, 0.05) is 18.0 Å². The highest BCUT2D eigenvalue weighted by atomic mass is 32.2. The molecule has 1 N–H and O–H groups in total. The Balaban J connectivity index is 2.58. The second-order valence-corrected chi connectivity index (χ2v) is 4.08. The quantitative estimate of drug-likeness (QED) is 0.801. The molecule has 0 spiro atoms. The summed E-state index contributed by atoms with van der Waals surface area (Å²) in [5.41, 5.74) is 1.20. The van der Waals surface area contributed by atoms with Gasteiger partial charge in [-0.2, -0.15) is 11.8 Å². The van der Waals surface area contributed by atoms with E-state index in [0.717, 1.165) is 11.6 Å². The van der Waals surface area contributed by atoms with Crippen LogP contribution in [0.2, 0.25) is 0 Å². The number of anilines is 1. The van der Waals surface area contributed by atoms with Gasteiger partial charge in [-0.15, -0.1) is 0 Å². The minimum absolute atomic E-state index is 0.476. The van der Waals surface area contributed by atoms with E-state index >= 15 is 0 Å². The highest BCUT2D eigenvalue weighted by Gasteiger charge is 2.03. The van der Waals surface area contributed by atoms with Crippen molar-refractivity contribution < 1.29 is 0 Å². The Kier molecular flexibility index (Phi) is 4.09. The first kappa shape index (κ1) is 10.4. The summed E-state index contributed by atoms with van der Waals surface area (Å²) in [6.07, 6.45) is 3.94. The highest BCUT2D eigenvalue weighted by Crippen LogP contribution is 2.11. The van der Waals surface area contributed by atoms with E-state index in [-0.39, 0.29) is 0 Å². The van der Waals surface area contributed by atoms with E-state index in [1.165, 1.54) is 5.56 Å². The van der Waals surface area contributed by atoms with Gasteiger partial charge in [-0.25, -0.2) is 4.98 Å². The minimum atomic E-state index is 0.476. The van der Waals surface area contributed by atoms with Crippen LogP contribution in [0.15, 0.2) is 18.3 Å². The molecular formula is C10H16N2S. The van der Waals surface area contributed by atoms with Crippen molar-refractivity contribution in [3.8, 4) is 0 Å². The molecule has 1 aromatic heterocycles. The van der Waals surface area contributed by atoms with Gasteiger partial charge in [0.25, 0.3) is 0 Å². The van der Waals surface area contributed by atoms with E-state index in [1.807, 2.05) is 24.0 Å². The Morgan fingerprint density at radius 1 is 1.62 bits per heavy atom. The zero-order valence-electron chi connectivity index (χ0n) is 8.37. The molecule has 1 rings (SSSR count). The Morgan fingerprint density at radius 2 is 2.38 bits per heavy atom. The Hall–Kier alpha value is -0.700. The predicted molar refractivity (Wildman–Crippen MR) is 60.4 cm³/mol. The number of nitrogens with one attached hydrogen (secondary N) is 1. The zero-order chi connectivity index (χ0) is 9.68. The number of hydrogen-bond donors (Lipinski definition) is 1. The zero-order valence-corrected chi connectivity index (χ0v) is 9.19. The van der Waals surface area contributed by atoms with Crippen molar-refractivity contribution in [1.29, 1.82) is 0 Å². The molecule has 0 amide bonds. The van der Waals surface area contributed by atoms with Gasteiger partial charge in [0.05, 0.1) is 0 Å². The van der Waals surface area contributed by atoms with Gasteiger partial charge >= 0.3 is 0 Å². The molecule has 1 heterocycles. The maximum Gasteiger partial charge on any atom is 0.129 e. The molecule has 0 aliphatic heterocycles. The summed E-state index contributed by atoms with van der Waals surface area (Å²) in [6.45, 7) is 4.24. The van der Waals surface area contributed by atoms with E-state index in [9.17, 15) is 0 Å². The molecule has 13 heavy (non-hydrogen) atoms. The third-order valence-corrected chi connectivity index (χ3v) is 2.64. The first-order valence-electron chi connectivity index (χ1n) is 4.41. The van der Waals surface area contributed by atoms with Crippen LogP contribution in [-0.2, 0) is 0 Å². The number of pyridine rings is 1. The lowest BCUT2D eigenvalue weighted by atomic mass is 10.2. The molecule has 1 atom stereocenters. The third kappa shape index (κ3) is 3.27. The normalized spacial score (nSPS) is 12.5. The molecule has 0 saturated heterocycles. The average molecular weight is 196 g/mol. The van der Waals surface area contributed by atoms with Gasteiger partial charge in [0.1, 0.15) is 5.82 Å². The van der Waals surface area contributed by atoms with Crippen LogP contribution in [0.5, 0.6) is 0 Å². The Morgan fingerprint density at radius 3 is 3.00 bits per heavy atom. The summed E-state index contributed by atoms with van der Waals surface area (Å²) in [6, 6.07) is 4.50. The second kappa shape index (κ2) is 5.12. The number of aromatic nitrogens is 1. The van der Waals surface area contributed by atoms with Crippen LogP contribution in [0.25, 0.3) is 0 Å². The molecular weight excluding hydrogens is 180 g/mol. The predicted octanol–water partition coefficient (Wildman–Crippen LogP) is 2.55. The average Bonchev–Trinajstić information content (AvgIpc) is 2.09. The van der Waals surface area contributed by atoms with Crippen LogP contribution < -0.4 is 5.32 Å². The van der Waals surface area contributed by atoms with E-state index < -0.39 is 0 Å². The SMILES string of the molecule is CSCC(C)Nc1ncccc1C. The van der Waals surface area contributed by atoms with E-state index in [1.54, 1.807) is 0 Å². The van der Waals surface area contributed by atoms with Crippen molar-refractivity contribution >= 4 is 17.6 Å². The molecule has 0 aliphatic rings. The molecule has 1 aromatic rings. The monoisotopic (exact) mass is 196 g/mol. The molecule has 1 unspecified atom stereocenters. The number of rotatable bonds is 4. The van der Waals surface area contributed by atoms with Crippen LogP contribution in [0.3, 0.4) is 0 Å². The van der Waals surface area contributed by atoms with E-state index in [4.69, 9.17) is 0 Å². The molecule has 0 radical (unpaired) electrons. The van der Waals surface area contributed by atoms with Gasteiger partial charge in [-0.05, 0) is 31.7 Å². The number of thioether (sulfide) groups is 1. The minimum Gasteiger partial charge on any atom is -0.367 e. The van der Waals surface area contributed by atoms with Gasteiger partial charge < -0.3 is 5.32 Å².